The molecule has 5 heteroatoms. The first-order valence-electron chi connectivity index (χ1n) is 6.21. The van der Waals surface area contributed by atoms with Crippen molar-refractivity contribution in [2.75, 3.05) is 26.7 Å². The van der Waals surface area contributed by atoms with Crippen molar-refractivity contribution in [3.8, 4) is 0 Å². The van der Waals surface area contributed by atoms with E-state index in [0.717, 1.165) is 19.4 Å². The molecular formula is C12H23NO4. The summed E-state index contributed by atoms with van der Waals surface area (Å²) in [5, 5.41) is 18.8. The lowest BCUT2D eigenvalue weighted by atomic mass is 9.82. The van der Waals surface area contributed by atoms with E-state index in [1.54, 1.807) is 6.92 Å². The number of esters is 1. The van der Waals surface area contributed by atoms with E-state index in [0.29, 0.717) is 19.1 Å². The van der Waals surface area contributed by atoms with Gasteiger partial charge in [-0.3, -0.25) is 4.79 Å². The average Bonchev–Trinajstić information content (AvgIpc) is 2.14. The molecule has 0 bridgehead atoms. The first-order chi connectivity index (χ1) is 8.01. The molecule has 0 spiro atoms. The van der Waals surface area contributed by atoms with Gasteiger partial charge in [0.15, 0.2) is 0 Å². The highest BCUT2D eigenvalue weighted by Crippen LogP contribution is 2.27. The molecule has 1 aliphatic carbocycles. The molecule has 0 aromatic carbocycles. The third-order valence-corrected chi connectivity index (χ3v) is 3.01. The Bertz CT molecular complexity index is 241. The number of likely N-dealkylation sites (N-methyl/N-ethyl adjacent to an activating group) is 1. The zero-order chi connectivity index (χ0) is 12.8. The van der Waals surface area contributed by atoms with Gasteiger partial charge in [0.25, 0.3) is 0 Å². The normalized spacial score (nSPS) is 25.5. The maximum absolute atomic E-state index is 11.1. The number of nitrogens with zero attached hydrogens (tertiary/aromatic N) is 1. The maximum atomic E-state index is 11.1. The molecule has 0 heterocycles. The van der Waals surface area contributed by atoms with Crippen molar-refractivity contribution in [1.29, 1.82) is 0 Å². The molecule has 1 atom stereocenters. The Labute approximate surface area is 102 Å². The minimum absolute atomic E-state index is 0.0471. The predicted octanol–water partition coefficient (Wildman–Crippen LogP) is 0.00320. The molecule has 1 rings (SSSR count). The highest BCUT2D eigenvalue weighted by molar-refractivity contribution is 5.69. The van der Waals surface area contributed by atoms with Crippen LogP contribution < -0.4 is 0 Å². The minimum Gasteiger partial charge on any atom is -0.466 e. The van der Waals surface area contributed by atoms with Crippen LogP contribution in [0.4, 0.5) is 0 Å². The fourth-order valence-corrected chi connectivity index (χ4v) is 2.20. The van der Waals surface area contributed by atoms with E-state index < -0.39 is 6.10 Å². The number of carbonyl (C=O) groups excluding carboxylic acids is 1. The molecule has 0 aliphatic heterocycles. The Morgan fingerprint density at radius 2 is 2.18 bits per heavy atom. The molecule has 1 unspecified atom stereocenters. The van der Waals surface area contributed by atoms with Crippen LogP contribution in [0.15, 0.2) is 0 Å². The molecule has 0 aromatic heterocycles. The van der Waals surface area contributed by atoms with Crippen molar-refractivity contribution in [3.63, 3.8) is 0 Å². The summed E-state index contributed by atoms with van der Waals surface area (Å²) in [6.07, 6.45) is 0.921. The second-order valence-electron chi connectivity index (χ2n) is 4.88. The van der Waals surface area contributed by atoms with Crippen LogP contribution in [0.3, 0.4) is 0 Å². The van der Waals surface area contributed by atoms with Crippen LogP contribution in [-0.2, 0) is 9.53 Å². The van der Waals surface area contributed by atoms with Gasteiger partial charge in [-0.05, 0) is 32.7 Å². The fourth-order valence-electron chi connectivity index (χ4n) is 2.20. The van der Waals surface area contributed by atoms with E-state index in [9.17, 15) is 9.90 Å². The molecule has 5 nitrogen and oxygen atoms in total. The van der Waals surface area contributed by atoms with Gasteiger partial charge >= 0.3 is 5.97 Å². The molecule has 1 saturated carbocycles. The molecule has 100 valence electrons. The first kappa shape index (κ1) is 14.4. The highest BCUT2D eigenvalue weighted by Gasteiger charge is 2.28. The maximum Gasteiger partial charge on any atom is 0.308 e. The van der Waals surface area contributed by atoms with Crippen LogP contribution in [0.25, 0.3) is 0 Å². The molecule has 17 heavy (non-hydrogen) atoms. The Kier molecular flexibility index (Phi) is 5.88. The quantitative estimate of drug-likeness (QED) is 0.618. The van der Waals surface area contributed by atoms with Crippen LogP contribution in [0.5, 0.6) is 0 Å². The number of aliphatic hydroxyl groups excluding tert-OH is 2. The molecule has 2 N–H and O–H groups in total. The second-order valence-corrected chi connectivity index (χ2v) is 4.88. The van der Waals surface area contributed by atoms with Gasteiger partial charge in [0.1, 0.15) is 0 Å². The Morgan fingerprint density at radius 3 is 2.71 bits per heavy atom. The smallest absolute Gasteiger partial charge is 0.308 e. The van der Waals surface area contributed by atoms with E-state index in [4.69, 9.17) is 9.84 Å². The van der Waals surface area contributed by atoms with Crippen molar-refractivity contribution < 1.29 is 19.7 Å². The van der Waals surface area contributed by atoms with Crippen molar-refractivity contribution >= 4 is 5.97 Å². The summed E-state index contributed by atoms with van der Waals surface area (Å²) in [5.41, 5.74) is 0. The summed E-state index contributed by atoms with van der Waals surface area (Å²) in [6.45, 7) is 3.42. The van der Waals surface area contributed by atoms with Crippen LogP contribution in [0.2, 0.25) is 0 Å². The summed E-state index contributed by atoms with van der Waals surface area (Å²) >= 11 is 0. The Morgan fingerprint density at radius 1 is 1.53 bits per heavy atom. The van der Waals surface area contributed by atoms with Gasteiger partial charge in [0, 0.05) is 13.1 Å². The predicted molar refractivity (Wildman–Crippen MR) is 63.5 cm³/mol. The van der Waals surface area contributed by atoms with E-state index in [2.05, 4.69) is 0 Å². The van der Waals surface area contributed by atoms with Crippen LogP contribution in [-0.4, -0.2) is 60.0 Å². The van der Waals surface area contributed by atoms with E-state index in [-0.39, 0.29) is 18.5 Å². The third kappa shape index (κ3) is 5.48. The van der Waals surface area contributed by atoms with Gasteiger partial charge in [0.05, 0.1) is 25.2 Å². The van der Waals surface area contributed by atoms with Gasteiger partial charge < -0.3 is 19.8 Å². The van der Waals surface area contributed by atoms with Crippen LogP contribution in [0, 0.1) is 5.92 Å². The standard InChI is InChI=1S/C12H23NO4/c1-3-17-12(16)6-11(15)8-13(2)7-9-4-10(14)5-9/h9-11,14-15H,3-8H2,1-2H3. The van der Waals surface area contributed by atoms with Gasteiger partial charge in [0.2, 0.25) is 0 Å². The summed E-state index contributed by atoms with van der Waals surface area (Å²) in [4.78, 5) is 13.1. The number of rotatable bonds is 7. The summed E-state index contributed by atoms with van der Waals surface area (Å²) in [5.74, 6) is 0.164. The zero-order valence-corrected chi connectivity index (χ0v) is 10.6. The fraction of sp³-hybridized carbons (Fsp3) is 0.917. The largest absolute Gasteiger partial charge is 0.466 e. The first-order valence-corrected chi connectivity index (χ1v) is 6.21. The van der Waals surface area contributed by atoms with E-state index >= 15 is 0 Å². The van der Waals surface area contributed by atoms with Crippen molar-refractivity contribution in [2.45, 2.75) is 38.4 Å². The Balaban J connectivity index is 2.12. The molecule has 0 amide bonds. The molecule has 1 aliphatic rings. The van der Waals surface area contributed by atoms with Crippen molar-refractivity contribution in [1.82, 2.24) is 4.90 Å². The van der Waals surface area contributed by atoms with Crippen molar-refractivity contribution in [3.05, 3.63) is 0 Å². The SMILES string of the molecule is CCOC(=O)CC(O)CN(C)CC1CC(O)C1. The summed E-state index contributed by atoms with van der Waals surface area (Å²) < 4.78 is 4.77. The summed E-state index contributed by atoms with van der Waals surface area (Å²) in [6, 6.07) is 0. The number of hydrogen-bond acceptors (Lipinski definition) is 5. The van der Waals surface area contributed by atoms with Gasteiger partial charge in [-0.1, -0.05) is 0 Å². The second kappa shape index (κ2) is 6.93. The van der Waals surface area contributed by atoms with E-state index in [1.807, 2.05) is 11.9 Å². The zero-order valence-electron chi connectivity index (χ0n) is 10.6. The number of carbonyl (C=O) groups is 1. The molecule has 0 saturated heterocycles. The lowest BCUT2D eigenvalue weighted by molar-refractivity contribution is -0.145. The topological polar surface area (TPSA) is 70.0 Å². The Hall–Kier alpha value is -0.650. The average molecular weight is 245 g/mol. The number of aliphatic hydroxyl groups is 2. The van der Waals surface area contributed by atoms with Gasteiger partial charge in [-0.25, -0.2) is 0 Å². The van der Waals surface area contributed by atoms with Gasteiger partial charge in [-0.2, -0.15) is 0 Å². The van der Waals surface area contributed by atoms with Crippen LogP contribution in [0.1, 0.15) is 26.2 Å². The number of ether oxygens (including phenoxy) is 1. The van der Waals surface area contributed by atoms with E-state index in [1.165, 1.54) is 0 Å². The van der Waals surface area contributed by atoms with Crippen LogP contribution >= 0.6 is 0 Å². The third-order valence-electron chi connectivity index (χ3n) is 3.01. The highest BCUT2D eigenvalue weighted by atomic mass is 16.5. The minimum atomic E-state index is -0.677. The lowest BCUT2D eigenvalue weighted by Gasteiger charge is -2.34. The number of hydrogen-bond donors (Lipinski definition) is 2. The molecule has 1 fully saturated rings. The van der Waals surface area contributed by atoms with Crippen molar-refractivity contribution in [2.24, 2.45) is 5.92 Å². The summed E-state index contributed by atoms with van der Waals surface area (Å²) in [7, 11) is 1.92. The van der Waals surface area contributed by atoms with Gasteiger partial charge in [-0.15, -0.1) is 0 Å². The molecule has 0 aromatic rings. The lowest BCUT2D eigenvalue weighted by Crippen LogP contribution is -2.40. The molecular weight excluding hydrogens is 222 g/mol. The monoisotopic (exact) mass is 245 g/mol. The molecule has 0 radical (unpaired) electrons.